The van der Waals surface area contributed by atoms with Crippen LogP contribution in [0.2, 0.25) is 0 Å². The first-order valence-corrected chi connectivity index (χ1v) is 12.0. The average Bonchev–Trinajstić information content (AvgIpc) is 3.48. The maximum atomic E-state index is 15.6. The van der Waals surface area contributed by atoms with Crippen molar-refractivity contribution in [2.24, 2.45) is 7.05 Å². The lowest BCUT2D eigenvalue weighted by molar-refractivity contribution is 0.102. The number of benzene rings is 2. The molecule has 3 heterocycles. The number of aryl methyl sites for hydroxylation is 2. The summed E-state index contributed by atoms with van der Waals surface area (Å²) >= 11 is 0. The summed E-state index contributed by atoms with van der Waals surface area (Å²) in [5, 5.41) is 12.8. The van der Waals surface area contributed by atoms with E-state index in [-0.39, 0.29) is 35.2 Å². The molecule has 5 rings (SSSR count). The summed E-state index contributed by atoms with van der Waals surface area (Å²) in [7, 11) is 3.26. The van der Waals surface area contributed by atoms with Crippen molar-refractivity contribution in [3.05, 3.63) is 65.6 Å². The van der Waals surface area contributed by atoms with Crippen LogP contribution in [-0.2, 0) is 7.05 Å². The van der Waals surface area contributed by atoms with Crippen molar-refractivity contribution in [2.75, 3.05) is 30.5 Å². The predicted molar refractivity (Wildman–Crippen MR) is 137 cm³/mol. The second kappa shape index (κ2) is 9.78. The van der Waals surface area contributed by atoms with Crippen LogP contribution >= 0.6 is 0 Å². The summed E-state index contributed by atoms with van der Waals surface area (Å²) in [5.74, 6) is -1.50. The first-order chi connectivity index (χ1) is 17.8. The van der Waals surface area contributed by atoms with Crippen LogP contribution < -0.4 is 15.0 Å². The number of nitrogens with one attached hydrogen (secondary N) is 1. The number of pyridine rings is 1. The van der Waals surface area contributed by atoms with E-state index in [1.165, 1.54) is 37.6 Å². The molecule has 0 unspecified atom stereocenters. The minimum atomic E-state index is -0.964. The molecular formula is C27H27F2N5O3. The van der Waals surface area contributed by atoms with Gasteiger partial charge in [0.25, 0.3) is 5.91 Å². The van der Waals surface area contributed by atoms with Crippen molar-refractivity contribution in [1.82, 2.24) is 14.5 Å². The van der Waals surface area contributed by atoms with Gasteiger partial charge in [-0.1, -0.05) is 6.07 Å². The highest BCUT2D eigenvalue weighted by Crippen LogP contribution is 2.39. The van der Waals surface area contributed by atoms with Gasteiger partial charge in [0.15, 0.2) is 5.82 Å². The van der Waals surface area contributed by atoms with Crippen LogP contribution in [0.5, 0.6) is 5.75 Å². The third-order valence-corrected chi connectivity index (χ3v) is 6.94. The van der Waals surface area contributed by atoms with Gasteiger partial charge in [0.2, 0.25) is 0 Å². The zero-order chi connectivity index (χ0) is 26.3. The lowest BCUT2D eigenvalue weighted by Gasteiger charge is -2.28. The zero-order valence-corrected chi connectivity index (χ0v) is 20.8. The van der Waals surface area contributed by atoms with E-state index in [2.05, 4.69) is 10.3 Å². The number of aromatic nitrogens is 3. The molecular weight excluding hydrogens is 480 g/mol. The van der Waals surface area contributed by atoms with E-state index in [4.69, 9.17) is 9.72 Å². The average molecular weight is 508 g/mol. The molecule has 1 atom stereocenters. The fraction of sp³-hybridized carbons (Fsp3) is 0.296. The number of amides is 1. The van der Waals surface area contributed by atoms with Gasteiger partial charge in [-0.05, 0) is 50.1 Å². The van der Waals surface area contributed by atoms with E-state index in [1.807, 2.05) is 29.5 Å². The molecule has 10 heteroatoms. The van der Waals surface area contributed by atoms with Crippen molar-refractivity contribution >= 4 is 28.3 Å². The molecule has 1 fully saturated rings. The second-order valence-corrected chi connectivity index (χ2v) is 9.01. The molecule has 0 bridgehead atoms. The maximum absolute atomic E-state index is 15.6. The number of aliphatic hydroxyl groups excluding tert-OH is 1. The molecule has 2 aromatic carbocycles. The van der Waals surface area contributed by atoms with Gasteiger partial charge in [0, 0.05) is 19.8 Å². The van der Waals surface area contributed by atoms with Crippen molar-refractivity contribution in [1.29, 1.82) is 0 Å². The van der Waals surface area contributed by atoms with E-state index in [0.29, 0.717) is 23.4 Å². The molecule has 37 heavy (non-hydrogen) atoms. The number of carbonyl (C=O) groups is 1. The Kier molecular flexibility index (Phi) is 6.51. The van der Waals surface area contributed by atoms with E-state index in [1.54, 1.807) is 6.07 Å². The molecule has 1 saturated heterocycles. The normalized spacial score (nSPS) is 15.4. The van der Waals surface area contributed by atoms with Crippen molar-refractivity contribution in [3.8, 4) is 17.0 Å². The summed E-state index contributed by atoms with van der Waals surface area (Å²) in [6.45, 7) is 2.53. The molecule has 0 radical (unpaired) electrons. The predicted octanol–water partition coefficient (Wildman–Crippen LogP) is 4.44. The lowest BCUT2D eigenvalue weighted by Crippen LogP contribution is -2.33. The van der Waals surface area contributed by atoms with Crippen LogP contribution in [0.25, 0.3) is 22.3 Å². The van der Waals surface area contributed by atoms with E-state index < -0.39 is 17.5 Å². The van der Waals surface area contributed by atoms with Gasteiger partial charge in [-0.15, -0.1) is 0 Å². The van der Waals surface area contributed by atoms with Crippen molar-refractivity contribution in [3.63, 3.8) is 0 Å². The second-order valence-electron chi connectivity index (χ2n) is 9.01. The van der Waals surface area contributed by atoms with Gasteiger partial charge in [0.05, 0.1) is 47.8 Å². The molecule has 4 aromatic rings. The number of hydrogen-bond acceptors (Lipinski definition) is 6. The Morgan fingerprint density at radius 2 is 2.05 bits per heavy atom. The highest BCUT2D eigenvalue weighted by Gasteiger charge is 2.30. The molecule has 0 spiro atoms. The summed E-state index contributed by atoms with van der Waals surface area (Å²) in [6, 6.07) is 8.84. The largest absolute Gasteiger partial charge is 0.496 e. The number of nitrogens with zero attached hydrogens (tertiary/aromatic N) is 4. The van der Waals surface area contributed by atoms with Crippen LogP contribution in [0.15, 0.2) is 42.6 Å². The fourth-order valence-corrected chi connectivity index (χ4v) is 4.96. The third kappa shape index (κ3) is 4.17. The van der Waals surface area contributed by atoms with Crippen LogP contribution in [0.3, 0.4) is 0 Å². The minimum Gasteiger partial charge on any atom is -0.496 e. The van der Waals surface area contributed by atoms with Crippen LogP contribution in [-0.4, -0.2) is 51.9 Å². The van der Waals surface area contributed by atoms with E-state index in [9.17, 15) is 14.3 Å². The molecule has 0 aliphatic carbocycles. The van der Waals surface area contributed by atoms with Gasteiger partial charge in [-0.2, -0.15) is 0 Å². The number of fused-ring (bicyclic) bond motifs is 1. The fourth-order valence-electron chi connectivity index (χ4n) is 4.96. The molecule has 1 aliphatic rings. The Bertz CT molecular complexity index is 1500. The Hall–Kier alpha value is -4.05. The SMILES string of the molecule is COc1cccc(F)c1-c1nccc(C(=O)Nc2ccc3c(nc(C)n3C)c2N2CCC[C@H]2CO)c1F. The number of halogens is 2. The summed E-state index contributed by atoms with van der Waals surface area (Å²) in [4.78, 5) is 24.1. The smallest absolute Gasteiger partial charge is 0.258 e. The van der Waals surface area contributed by atoms with Gasteiger partial charge >= 0.3 is 0 Å². The zero-order valence-electron chi connectivity index (χ0n) is 20.8. The Labute approximate surface area is 212 Å². The number of carbonyl (C=O) groups excluding carboxylic acids is 1. The summed E-state index contributed by atoms with van der Waals surface area (Å²) in [5.41, 5.74) is 1.90. The summed E-state index contributed by atoms with van der Waals surface area (Å²) < 4.78 is 37.4. The number of rotatable bonds is 6. The molecule has 2 aromatic heterocycles. The van der Waals surface area contributed by atoms with E-state index >= 15 is 4.39 Å². The number of hydrogen-bond donors (Lipinski definition) is 2. The molecule has 1 aliphatic heterocycles. The lowest BCUT2D eigenvalue weighted by atomic mass is 10.1. The van der Waals surface area contributed by atoms with Gasteiger partial charge < -0.3 is 24.6 Å². The highest BCUT2D eigenvalue weighted by molar-refractivity contribution is 6.09. The Morgan fingerprint density at radius 1 is 1.24 bits per heavy atom. The molecule has 8 nitrogen and oxygen atoms in total. The topological polar surface area (TPSA) is 92.5 Å². The number of ether oxygens (including phenoxy) is 1. The number of methoxy groups -OCH3 is 1. The molecule has 2 N–H and O–H groups in total. The summed E-state index contributed by atoms with van der Waals surface area (Å²) in [6.07, 6.45) is 2.94. The molecule has 0 saturated carbocycles. The minimum absolute atomic E-state index is 0.0393. The van der Waals surface area contributed by atoms with Gasteiger partial charge in [0.1, 0.15) is 28.6 Å². The quantitative estimate of drug-likeness (QED) is 0.401. The first kappa shape index (κ1) is 24.6. The van der Waals surface area contributed by atoms with Gasteiger partial charge in [-0.25, -0.2) is 13.8 Å². The standard InChI is InChI=1S/C27H27F2N5O3/c1-15-31-24-20(33(15)2)10-9-19(26(24)34-13-5-6-16(34)14-35)32-27(36)17-11-12-30-25(23(17)29)22-18(28)7-4-8-21(22)37-3/h4,7-12,16,35H,5-6,13-14H2,1-3H3,(H,32,36)/t16-/m0/s1. The maximum Gasteiger partial charge on any atom is 0.258 e. The van der Waals surface area contributed by atoms with E-state index in [0.717, 1.165) is 24.2 Å². The number of imidazole rings is 1. The van der Waals surface area contributed by atoms with Crippen LogP contribution in [0, 0.1) is 18.6 Å². The first-order valence-electron chi connectivity index (χ1n) is 12.0. The monoisotopic (exact) mass is 507 g/mol. The molecule has 192 valence electrons. The van der Waals surface area contributed by atoms with Crippen LogP contribution in [0.1, 0.15) is 29.0 Å². The number of anilines is 2. The molecule has 1 amide bonds. The highest BCUT2D eigenvalue weighted by atomic mass is 19.1. The Morgan fingerprint density at radius 3 is 2.81 bits per heavy atom. The van der Waals surface area contributed by atoms with Crippen LogP contribution in [0.4, 0.5) is 20.2 Å². The third-order valence-electron chi connectivity index (χ3n) is 6.94. The van der Waals surface area contributed by atoms with Gasteiger partial charge in [-0.3, -0.25) is 9.78 Å². The van der Waals surface area contributed by atoms with Crippen molar-refractivity contribution < 1.29 is 23.4 Å². The van der Waals surface area contributed by atoms with Crippen molar-refractivity contribution in [2.45, 2.75) is 25.8 Å². The Balaban J connectivity index is 1.59. The number of aliphatic hydroxyl groups is 1.